The number of aryl methyl sites for hydroxylation is 1. The molecule has 1 aliphatic carbocycles. The molecule has 1 aromatic heterocycles. The lowest BCUT2D eigenvalue weighted by molar-refractivity contribution is -0.121. The number of thiophene rings is 1. The van der Waals surface area contributed by atoms with Gasteiger partial charge >= 0.3 is 0 Å². The third-order valence-corrected chi connectivity index (χ3v) is 5.33. The molecule has 1 heterocycles. The van der Waals surface area contributed by atoms with E-state index in [9.17, 15) is 9.90 Å². The Kier molecular flexibility index (Phi) is 6.15. The molecule has 6 heteroatoms. The van der Waals surface area contributed by atoms with E-state index in [0.717, 1.165) is 37.7 Å². The molecule has 20 heavy (non-hydrogen) atoms. The summed E-state index contributed by atoms with van der Waals surface area (Å²) in [6.45, 7) is 0.588. The van der Waals surface area contributed by atoms with E-state index in [4.69, 9.17) is 23.2 Å². The van der Waals surface area contributed by atoms with Gasteiger partial charge in [-0.05, 0) is 37.3 Å². The molecule has 1 fully saturated rings. The van der Waals surface area contributed by atoms with E-state index in [1.165, 1.54) is 11.3 Å². The van der Waals surface area contributed by atoms with E-state index in [0.29, 0.717) is 21.6 Å². The highest BCUT2D eigenvalue weighted by Crippen LogP contribution is 2.32. The molecule has 3 nitrogen and oxygen atoms in total. The van der Waals surface area contributed by atoms with Crippen molar-refractivity contribution in [1.29, 1.82) is 0 Å². The molecule has 2 N–H and O–H groups in total. The normalized spacial score (nSPS) is 22.1. The summed E-state index contributed by atoms with van der Waals surface area (Å²) in [4.78, 5) is 11.7. The van der Waals surface area contributed by atoms with Gasteiger partial charge < -0.3 is 10.4 Å². The molecule has 0 radical (unpaired) electrons. The van der Waals surface area contributed by atoms with Crippen molar-refractivity contribution >= 4 is 40.4 Å². The second-order valence-electron chi connectivity index (χ2n) is 5.27. The van der Waals surface area contributed by atoms with Crippen LogP contribution in [-0.2, 0) is 11.2 Å². The number of rotatable bonds is 6. The van der Waals surface area contributed by atoms with Gasteiger partial charge in [-0.25, -0.2) is 0 Å². The Morgan fingerprint density at radius 3 is 2.85 bits per heavy atom. The minimum absolute atomic E-state index is 0.0431. The average Bonchev–Trinajstić information content (AvgIpc) is 2.93. The van der Waals surface area contributed by atoms with E-state index in [-0.39, 0.29) is 17.9 Å². The van der Waals surface area contributed by atoms with Crippen molar-refractivity contribution in [3.8, 4) is 0 Å². The number of hydrogen-bond donors (Lipinski definition) is 2. The summed E-state index contributed by atoms with van der Waals surface area (Å²) < 4.78 is 1.40. The first kappa shape index (κ1) is 16.1. The van der Waals surface area contributed by atoms with Gasteiger partial charge in [0.05, 0.1) is 14.8 Å². The zero-order valence-corrected chi connectivity index (χ0v) is 13.5. The second-order valence-corrected chi connectivity index (χ2v) is 7.55. The molecular formula is C14H19Cl2NO2S. The van der Waals surface area contributed by atoms with Gasteiger partial charge in [0, 0.05) is 18.9 Å². The maximum Gasteiger partial charge on any atom is 0.220 e. The fourth-order valence-electron chi connectivity index (χ4n) is 2.57. The van der Waals surface area contributed by atoms with Gasteiger partial charge in [-0.15, -0.1) is 11.3 Å². The van der Waals surface area contributed by atoms with Gasteiger partial charge in [0.1, 0.15) is 0 Å². The number of aliphatic hydroxyl groups excluding tert-OH is 1. The quantitative estimate of drug-likeness (QED) is 0.833. The van der Waals surface area contributed by atoms with Gasteiger partial charge in [0.25, 0.3) is 0 Å². The van der Waals surface area contributed by atoms with Gasteiger partial charge in [-0.1, -0.05) is 29.6 Å². The van der Waals surface area contributed by atoms with Gasteiger partial charge in [-0.2, -0.15) is 0 Å². The Labute approximate surface area is 133 Å². The van der Waals surface area contributed by atoms with Crippen molar-refractivity contribution in [1.82, 2.24) is 5.32 Å². The SMILES string of the molecule is O=C(CCCc1cc(Cl)sc1Cl)NCC1CCCC1O. The molecule has 0 saturated heterocycles. The van der Waals surface area contributed by atoms with Crippen LogP contribution >= 0.6 is 34.5 Å². The Hall–Kier alpha value is -0.290. The zero-order valence-electron chi connectivity index (χ0n) is 11.2. The highest BCUT2D eigenvalue weighted by molar-refractivity contribution is 7.20. The van der Waals surface area contributed by atoms with Crippen LogP contribution in [-0.4, -0.2) is 23.7 Å². The van der Waals surface area contributed by atoms with Gasteiger partial charge in [-0.3, -0.25) is 4.79 Å². The predicted octanol–water partition coefficient (Wildman–Crippen LogP) is 3.65. The Balaban J connectivity index is 1.64. The molecule has 2 unspecified atom stereocenters. The average molecular weight is 336 g/mol. The lowest BCUT2D eigenvalue weighted by atomic mass is 10.1. The van der Waals surface area contributed by atoms with Crippen molar-refractivity contribution < 1.29 is 9.90 Å². The summed E-state index contributed by atoms with van der Waals surface area (Å²) in [5.74, 6) is 0.269. The molecule has 0 aliphatic heterocycles. The molecule has 0 spiro atoms. The van der Waals surface area contributed by atoms with Gasteiger partial charge in [0.2, 0.25) is 5.91 Å². The Morgan fingerprint density at radius 1 is 1.45 bits per heavy atom. The largest absolute Gasteiger partial charge is 0.393 e. The Morgan fingerprint density at radius 2 is 2.25 bits per heavy atom. The second kappa shape index (κ2) is 7.64. The fraction of sp³-hybridized carbons (Fsp3) is 0.643. The maximum absolute atomic E-state index is 11.7. The van der Waals surface area contributed by atoms with E-state index in [1.54, 1.807) is 0 Å². The van der Waals surface area contributed by atoms with Crippen LogP contribution < -0.4 is 5.32 Å². The van der Waals surface area contributed by atoms with E-state index >= 15 is 0 Å². The molecule has 1 aromatic rings. The zero-order chi connectivity index (χ0) is 14.5. The monoisotopic (exact) mass is 335 g/mol. The minimum Gasteiger partial charge on any atom is -0.393 e. The smallest absolute Gasteiger partial charge is 0.220 e. The van der Waals surface area contributed by atoms with Crippen molar-refractivity contribution in [3.63, 3.8) is 0 Å². The van der Waals surface area contributed by atoms with E-state index < -0.39 is 0 Å². The summed E-state index contributed by atoms with van der Waals surface area (Å²) >= 11 is 13.3. The summed E-state index contributed by atoms with van der Waals surface area (Å²) in [7, 11) is 0. The van der Waals surface area contributed by atoms with E-state index in [2.05, 4.69) is 5.32 Å². The lowest BCUT2D eigenvalue weighted by Crippen LogP contribution is -2.32. The summed E-state index contributed by atoms with van der Waals surface area (Å²) in [5, 5.41) is 12.6. The van der Waals surface area contributed by atoms with Crippen LogP contribution in [0.3, 0.4) is 0 Å². The molecule has 0 bridgehead atoms. The molecule has 2 rings (SSSR count). The van der Waals surface area contributed by atoms with Crippen LogP contribution in [0.1, 0.15) is 37.7 Å². The summed E-state index contributed by atoms with van der Waals surface area (Å²) in [6, 6.07) is 1.86. The van der Waals surface area contributed by atoms with Crippen molar-refractivity contribution in [2.75, 3.05) is 6.54 Å². The molecule has 1 amide bonds. The Bertz CT molecular complexity index is 464. The van der Waals surface area contributed by atoms with Crippen LogP contribution in [0.2, 0.25) is 8.67 Å². The molecule has 1 saturated carbocycles. The number of aliphatic hydroxyl groups is 1. The van der Waals surface area contributed by atoms with Crippen molar-refractivity contribution in [3.05, 3.63) is 20.3 Å². The molecular weight excluding hydrogens is 317 g/mol. The van der Waals surface area contributed by atoms with Crippen LogP contribution in [0.15, 0.2) is 6.07 Å². The van der Waals surface area contributed by atoms with Crippen LogP contribution in [0, 0.1) is 5.92 Å². The van der Waals surface area contributed by atoms with Crippen molar-refractivity contribution in [2.24, 2.45) is 5.92 Å². The summed E-state index contributed by atoms with van der Waals surface area (Å²) in [5.41, 5.74) is 1.01. The highest BCUT2D eigenvalue weighted by Gasteiger charge is 2.25. The molecule has 2 atom stereocenters. The third kappa shape index (κ3) is 4.62. The molecule has 1 aliphatic rings. The van der Waals surface area contributed by atoms with Crippen LogP contribution in [0.25, 0.3) is 0 Å². The first-order valence-electron chi connectivity index (χ1n) is 6.94. The number of carbonyl (C=O) groups is 1. The van der Waals surface area contributed by atoms with Crippen molar-refractivity contribution in [2.45, 2.75) is 44.6 Å². The summed E-state index contributed by atoms with van der Waals surface area (Å²) in [6.07, 6.45) is 4.67. The molecule has 112 valence electrons. The maximum atomic E-state index is 11.7. The predicted molar refractivity (Wildman–Crippen MR) is 83.6 cm³/mol. The number of hydrogen-bond acceptors (Lipinski definition) is 3. The minimum atomic E-state index is -0.248. The number of carbonyl (C=O) groups excluding carboxylic acids is 1. The lowest BCUT2D eigenvalue weighted by Gasteiger charge is -2.14. The standard InChI is InChI=1S/C14H19Cl2NO2S/c15-12-7-9(14(16)20-12)3-2-6-13(19)17-8-10-4-1-5-11(10)18/h7,10-11,18H,1-6,8H2,(H,17,19). The number of amides is 1. The molecule has 0 aromatic carbocycles. The van der Waals surface area contributed by atoms with Crippen LogP contribution in [0.5, 0.6) is 0 Å². The first-order valence-corrected chi connectivity index (χ1v) is 8.52. The highest BCUT2D eigenvalue weighted by atomic mass is 35.5. The fourth-order valence-corrected chi connectivity index (χ4v) is 4.12. The third-order valence-electron chi connectivity index (χ3n) is 3.76. The number of nitrogens with one attached hydrogen (secondary N) is 1. The first-order chi connectivity index (χ1) is 9.56. The van der Waals surface area contributed by atoms with E-state index in [1.807, 2.05) is 6.07 Å². The topological polar surface area (TPSA) is 49.3 Å². The van der Waals surface area contributed by atoms with Crippen LogP contribution in [0.4, 0.5) is 0 Å². The van der Waals surface area contributed by atoms with Gasteiger partial charge in [0.15, 0.2) is 0 Å². The number of halogens is 2.